The van der Waals surface area contributed by atoms with Gasteiger partial charge in [-0.25, -0.2) is 9.79 Å². The largest absolute Gasteiger partial charge is 0.328 e. The number of hydrogen-bond donors (Lipinski definition) is 0. The summed E-state index contributed by atoms with van der Waals surface area (Å²) in [7, 11) is 1.70. The Morgan fingerprint density at radius 2 is 1.85 bits per heavy atom. The van der Waals surface area contributed by atoms with E-state index >= 15 is 0 Å². The molecule has 0 spiro atoms. The molecule has 0 saturated carbocycles. The summed E-state index contributed by atoms with van der Waals surface area (Å²) >= 11 is 6.43. The number of benzene rings is 1. The number of carbonyl (C=O) groups excluding carboxylic acids is 2. The van der Waals surface area contributed by atoms with Crippen molar-refractivity contribution in [2.75, 3.05) is 18.5 Å². The van der Waals surface area contributed by atoms with Gasteiger partial charge < -0.3 is 4.90 Å². The van der Waals surface area contributed by atoms with E-state index in [9.17, 15) is 9.59 Å². The highest BCUT2D eigenvalue weighted by Crippen LogP contribution is 2.41. The fraction of sp³-hybridized carbons (Fsp3) is 0.421. The molecule has 3 aliphatic rings. The van der Waals surface area contributed by atoms with Crippen molar-refractivity contribution >= 4 is 35.2 Å². The van der Waals surface area contributed by atoms with E-state index in [1.165, 1.54) is 4.90 Å². The second-order valence-corrected chi connectivity index (χ2v) is 7.41. The van der Waals surface area contributed by atoms with Crippen LogP contribution in [-0.4, -0.2) is 58.4 Å². The van der Waals surface area contributed by atoms with Crippen LogP contribution in [0.2, 0.25) is 5.02 Å². The Balaban J connectivity index is 1.80. The molecule has 1 saturated heterocycles. The van der Waals surface area contributed by atoms with Crippen LogP contribution in [0.1, 0.15) is 27.2 Å². The lowest BCUT2D eigenvalue weighted by Gasteiger charge is -2.40. The summed E-state index contributed by atoms with van der Waals surface area (Å²) in [6.07, 6.45) is 0.178. The number of imide groups is 1. The van der Waals surface area contributed by atoms with Gasteiger partial charge in [0.15, 0.2) is 12.2 Å². The predicted octanol–water partition coefficient (Wildman–Crippen LogP) is 3.08. The van der Waals surface area contributed by atoms with Crippen LogP contribution in [0.25, 0.3) is 0 Å². The summed E-state index contributed by atoms with van der Waals surface area (Å²) in [4.78, 5) is 37.4. The first-order chi connectivity index (χ1) is 12.9. The van der Waals surface area contributed by atoms with E-state index in [2.05, 4.69) is 0 Å². The second kappa shape index (κ2) is 6.27. The van der Waals surface area contributed by atoms with Crippen LogP contribution in [0, 0.1) is 0 Å². The number of hydrogen-bond acceptors (Lipinski definition) is 5. The Morgan fingerprint density at radius 1 is 1.15 bits per heavy atom. The van der Waals surface area contributed by atoms with Crippen molar-refractivity contribution in [3.05, 3.63) is 40.7 Å². The van der Waals surface area contributed by atoms with Gasteiger partial charge in [-0.1, -0.05) is 30.7 Å². The van der Waals surface area contributed by atoms with Crippen molar-refractivity contribution in [3.8, 4) is 0 Å². The van der Waals surface area contributed by atoms with E-state index in [4.69, 9.17) is 16.6 Å². The molecule has 0 aromatic heterocycles. The van der Waals surface area contributed by atoms with Gasteiger partial charge in [-0.3, -0.25) is 19.5 Å². The lowest BCUT2D eigenvalue weighted by atomic mass is 10.1. The van der Waals surface area contributed by atoms with Crippen LogP contribution < -0.4 is 4.90 Å². The third-order valence-electron chi connectivity index (χ3n) is 5.43. The lowest BCUT2D eigenvalue weighted by Crippen LogP contribution is -2.64. The van der Waals surface area contributed by atoms with Crippen molar-refractivity contribution in [1.29, 1.82) is 0 Å². The van der Waals surface area contributed by atoms with E-state index < -0.39 is 12.2 Å². The van der Waals surface area contributed by atoms with Crippen molar-refractivity contribution in [1.82, 2.24) is 14.7 Å². The van der Waals surface area contributed by atoms with Crippen molar-refractivity contribution in [2.24, 2.45) is 4.99 Å². The summed E-state index contributed by atoms with van der Waals surface area (Å²) in [5.41, 5.74) is 2.71. The highest BCUT2D eigenvalue weighted by molar-refractivity contribution is 6.34. The van der Waals surface area contributed by atoms with Gasteiger partial charge in [0.2, 0.25) is 5.96 Å². The number of allylic oxidation sites excluding steroid dienone is 2. The summed E-state index contributed by atoms with van der Waals surface area (Å²) < 4.78 is 0. The predicted molar refractivity (Wildman–Crippen MR) is 104 cm³/mol. The van der Waals surface area contributed by atoms with E-state index in [-0.39, 0.29) is 11.9 Å². The number of fused-ring (bicyclic) bond motifs is 3. The second-order valence-electron chi connectivity index (χ2n) is 7.00. The molecule has 0 aliphatic carbocycles. The Hall–Kier alpha value is -2.54. The maximum Gasteiger partial charge on any atom is 0.328 e. The number of nitrogens with zero attached hydrogens (tertiary/aromatic N) is 5. The van der Waals surface area contributed by atoms with Gasteiger partial charge in [-0.2, -0.15) is 0 Å². The number of guanidine groups is 1. The average Bonchev–Trinajstić information content (AvgIpc) is 3.14. The molecule has 142 valence electrons. The quantitative estimate of drug-likeness (QED) is 0.799. The molecule has 7 nitrogen and oxygen atoms in total. The molecular formula is C19H22ClN5O2. The van der Waals surface area contributed by atoms with Gasteiger partial charge in [0.25, 0.3) is 5.91 Å². The monoisotopic (exact) mass is 387 g/mol. The Morgan fingerprint density at radius 3 is 2.52 bits per heavy atom. The SMILES string of the molecule is CCCN1C(=O)C2C(N=C3N(c4ccccc4Cl)C(C)=C(C)N32)N(C)C1=O. The number of rotatable bonds is 3. The number of aliphatic imine (C=N–C) groups is 1. The number of para-hydroxylation sites is 1. The normalized spacial score (nSPS) is 24.7. The highest BCUT2D eigenvalue weighted by atomic mass is 35.5. The summed E-state index contributed by atoms with van der Waals surface area (Å²) in [6, 6.07) is 6.70. The summed E-state index contributed by atoms with van der Waals surface area (Å²) in [5.74, 6) is 0.441. The zero-order valence-electron chi connectivity index (χ0n) is 15.8. The molecule has 3 heterocycles. The lowest BCUT2D eigenvalue weighted by molar-refractivity contribution is -0.136. The third-order valence-corrected chi connectivity index (χ3v) is 5.75. The molecular weight excluding hydrogens is 366 g/mol. The maximum atomic E-state index is 13.2. The Kier molecular flexibility index (Phi) is 4.14. The van der Waals surface area contributed by atoms with Crippen LogP contribution in [-0.2, 0) is 4.79 Å². The summed E-state index contributed by atoms with van der Waals surface area (Å²) in [6.45, 7) is 6.32. The minimum absolute atomic E-state index is 0.197. The molecule has 3 aliphatic heterocycles. The van der Waals surface area contributed by atoms with Crippen molar-refractivity contribution < 1.29 is 9.59 Å². The fourth-order valence-corrected chi connectivity index (χ4v) is 4.18. The van der Waals surface area contributed by atoms with Gasteiger partial charge in [0.1, 0.15) is 0 Å². The number of carbonyl (C=O) groups is 2. The van der Waals surface area contributed by atoms with Crippen molar-refractivity contribution in [2.45, 2.75) is 39.4 Å². The van der Waals surface area contributed by atoms with E-state index in [0.717, 1.165) is 23.5 Å². The number of urea groups is 1. The first-order valence-corrected chi connectivity index (χ1v) is 9.43. The molecule has 27 heavy (non-hydrogen) atoms. The molecule has 8 heteroatoms. The molecule has 1 aromatic carbocycles. The molecule has 4 rings (SSSR count). The standard InChI is InChI=1S/C19H22ClN5O2/c1-5-10-23-17(26)15-16(22(4)19(23)27)21-18-24(11(2)12(3)25(15)18)14-9-7-6-8-13(14)20/h6-9,15-16H,5,10H2,1-4H3. The van der Waals surface area contributed by atoms with Crippen LogP contribution in [0.4, 0.5) is 10.5 Å². The maximum absolute atomic E-state index is 13.2. The van der Waals surface area contributed by atoms with Gasteiger partial charge in [0.05, 0.1) is 10.7 Å². The molecule has 2 atom stereocenters. The number of halogens is 1. The van der Waals surface area contributed by atoms with Gasteiger partial charge in [-0.05, 0) is 32.4 Å². The first kappa shape index (κ1) is 17.9. The topological polar surface area (TPSA) is 59.5 Å². The minimum atomic E-state index is -0.545. The van der Waals surface area contributed by atoms with Crippen LogP contribution in [0.15, 0.2) is 40.7 Å². The zero-order valence-corrected chi connectivity index (χ0v) is 16.6. The Bertz CT molecular complexity index is 896. The third kappa shape index (κ3) is 2.37. The molecule has 0 bridgehead atoms. The Labute approximate surface area is 163 Å². The van der Waals surface area contributed by atoms with Crippen molar-refractivity contribution in [3.63, 3.8) is 0 Å². The molecule has 0 N–H and O–H groups in total. The van der Waals surface area contributed by atoms with E-state index in [0.29, 0.717) is 17.5 Å². The fourth-order valence-electron chi connectivity index (χ4n) is 3.96. The number of amides is 3. The van der Waals surface area contributed by atoms with Gasteiger partial charge in [0, 0.05) is 25.0 Å². The smallest absolute Gasteiger partial charge is 0.302 e. The van der Waals surface area contributed by atoms with Gasteiger partial charge >= 0.3 is 6.03 Å². The van der Waals surface area contributed by atoms with Crippen LogP contribution in [0.5, 0.6) is 0 Å². The molecule has 2 unspecified atom stereocenters. The van der Waals surface area contributed by atoms with Crippen LogP contribution >= 0.6 is 11.6 Å². The minimum Gasteiger partial charge on any atom is -0.302 e. The number of likely N-dealkylation sites (N-methyl/N-ethyl adjacent to an activating group) is 1. The van der Waals surface area contributed by atoms with Crippen LogP contribution in [0.3, 0.4) is 0 Å². The number of anilines is 1. The zero-order chi connectivity index (χ0) is 19.5. The molecule has 3 amide bonds. The van der Waals surface area contributed by atoms with E-state index in [1.54, 1.807) is 11.9 Å². The van der Waals surface area contributed by atoms with E-state index in [1.807, 2.05) is 54.8 Å². The average molecular weight is 388 g/mol. The van der Waals surface area contributed by atoms with Gasteiger partial charge in [-0.15, -0.1) is 0 Å². The molecule has 1 aromatic rings. The highest BCUT2D eigenvalue weighted by Gasteiger charge is 2.55. The summed E-state index contributed by atoms with van der Waals surface area (Å²) in [5, 5.41) is 0.604. The molecule has 1 fully saturated rings. The molecule has 0 radical (unpaired) electrons. The first-order valence-electron chi connectivity index (χ1n) is 9.05.